The van der Waals surface area contributed by atoms with E-state index in [1.165, 1.54) is 18.0 Å². The predicted molar refractivity (Wildman–Crippen MR) is 101 cm³/mol. The van der Waals surface area contributed by atoms with Gasteiger partial charge in [0.25, 0.3) is 0 Å². The molecule has 1 unspecified atom stereocenters. The van der Waals surface area contributed by atoms with E-state index in [0.717, 1.165) is 24.1 Å². The molecule has 10 heteroatoms. The number of nitrogens with one attached hydrogen (secondary N) is 1. The molecular weight excluding hydrogens is 443 g/mol. The highest BCUT2D eigenvalue weighted by molar-refractivity contribution is 14.0. The number of aryl methyl sites for hydroxylation is 1. The smallest absolute Gasteiger partial charge is 0.319 e. The summed E-state index contributed by atoms with van der Waals surface area (Å²) in [6, 6.07) is 0. The highest BCUT2D eigenvalue weighted by atomic mass is 127. The predicted octanol–water partition coefficient (Wildman–Crippen LogP) is 2.19. The van der Waals surface area contributed by atoms with Gasteiger partial charge in [-0.15, -0.1) is 24.0 Å². The van der Waals surface area contributed by atoms with Crippen molar-refractivity contribution in [2.75, 3.05) is 20.1 Å². The first kappa shape index (κ1) is 19.6. The van der Waals surface area contributed by atoms with Crippen LogP contribution in [0.5, 0.6) is 0 Å². The Morgan fingerprint density at radius 2 is 2.28 bits per heavy atom. The van der Waals surface area contributed by atoms with Gasteiger partial charge in [-0.05, 0) is 12.0 Å². The van der Waals surface area contributed by atoms with Gasteiger partial charge in [-0.3, -0.25) is 14.2 Å². The van der Waals surface area contributed by atoms with Crippen molar-refractivity contribution in [1.29, 1.82) is 0 Å². The van der Waals surface area contributed by atoms with Crippen LogP contribution in [0.3, 0.4) is 0 Å². The molecule has 1 aliphatic heterocycles. The van der Waals surface area contributed by atoms with Crippen LogP contribution in [0.25, 0.3) is 0 Å². The van der Waals surface area contributed by atoms with E-state index < -0.39 is 6.55 Å². The Hall–Kier alpha value is -1.72. The summed E-state index contributed by atoms with van der Waals surface area (Å²) in [5.74, 6) is 1.39. The Balaban J connectivity index is 0.00000225. The van der Waals surface area contributed by atoms with E-state index in [4.69, 9.17) is 0 Å². The van der Waals surface area contributed by atoms with Crippen LogP contribution in [0.1, 0.15) is 30.3 Å². The Labute approximate surface area is 162 Å². The first-order chi connectivity index (χ1) is 11.6. The van der Waals surface area contributed by atoms with Crippen molar-refractivity contribution in [2.45, 2.75) is 25.4 Å². The van der Waals surface area contributed by atoms with Gasteiger partial charge in [0, 0.05) is 51.7 Å². The summed E-state index contributed by atoms with van der Waals surface area (Å²) in [5.41, 5.74) is 1.21. The molecule has 0 bridgehead atoms. The lowest BCUT2D eigenvalue weighted by molar-refractivity contribution is 0.0668. The van der Waals surface area contributed by atoms with Crippen LogP contribution < -0.4 is 5.32 Å². The lowest BCUT2D eigenvalue weighted by Crippen LogP contribution is -2.40. The second-order valence-electron chi connectivity index (χ2n) is 5.81. The maximum absolute atomic E-state index is 12.9. The zero-order chi connectivity index (χ0) is 17.1. The van der Waals surface area contributed by atoms with Gasteiger partial charge >= 0.3 is 6.55 Å². The van der Waals surface area contributed by atoms with Gasteiger partial charge in [-0.1, -0.05) is 0 Å². The first-order valence-electron chi connectivity index (χ1n) is 7.82. The van der Waals surface area contributed by atoms with E-state index in [0.29, 0.717) is 11.9 Å². The van der Waals surface area contributed by atoms with E-state index in [2.05, 4.69) is 25.3 Å². The molecule has 1 N–H and O–H groups in total. The summed E-state index contributed by atoms with van der Waals surface area (Å²) >= 11 is 0. The Morgan fingerprint density at radius 3 is 2.92 bits per heavy atom. The van der Waals surface area contributed by atoms with Crippen LogP contribution in [0.15, 0.2) is 29.8 Å². The molecule has 0 aliphatic carbocycles. The number of rotatable bonds is 4. The molecule has 7 nitrogen and oxygen atoms in total. The van der Waals surface area contributed by atoms with Crippen molar-refractivity contribution < 1.29 is 8.78 Å². The molecule has 1 saturated heterocycles. The average Bonchev–Trinajstić information content (AvgIpc) is 3.27. The first-order valence-corrected chi connectivity index (χ1v) is 7.82. The number of hydrogen-bond donors (Lipinski definition) is 1. The zero-order valence-corrected chi connectivity index (χ0v) is 16.5. The number of guanidine groups is 1. The normalized spacial score (nSPS) is 17.9. The number of hydrogen-bond acceptors (Lipinski definition) is 3. The van der Waals surface area contributed by atoms with Crippen LogP contribution in [-0.2, 0) is 13.6 Å². The van der Waals surface area contributed by atoms with Crippen molar-refractivity contribution in [3.8, 4) is 0 Å². The molecule has 25 heavy (non-hydrogen) atoms. The second-order valence-corrected chi connectivity index (χ2v) is 5.81. The van der Waals surface area contributed by atoms with Gasteiger partial charge in [-0.25, -0.2) is 4.98 Å². The SMILES string of the molecule is CN=C(NCc1nccn1C(F)F)N1CCC(c2cnn(C)c2)C1.I. The van der Waals surface area contributed by atoms with Gasteiger partial charge in [0.15, 0.2) is 5.96 Å². The summed E-state index contributed by atoms with van der Waals surface area (Å²) in [7, 11) is 3.60. The molecule has 1 aliphatic rings. The fourth-order valence-corrected chi connectivity index (χ4v) is 3.02. The minimum Gasteiger partial charge on any atom is -0.349 e. The summed E-state index contributed by atoms with van der Waals surface area (Å²) < 4.78 is 28.4. The molecule has 0 spiro atoms. The largest absolute Gasteiger partial charge is 0.349 e. The molecule has 2 aromatic heterocycles. The van der Waals surface area contributed by atoms with Crippen molar-refractivity contribution in [3.05, 3.63) is 36.2 Å². The Bertz CT molecular complexity index is 712. The van der Waals surface area contributed by atoms with Crippen LogP contribution >= 0.6 is 24.0 Å². The fraction of sp³-hybridized carbons (Fsp3) is 0.533. The number of aromatic nitrogens is 4. The van der Waals surface area contributed by atoms with E-state index in [9.17, 15) is 8.78 Å². The molecule has 2 aromatic rings. The van der Waals surface area contributed by atoms with Crippen molar-refractivity contribution in [3.63, 3.8) is 0 Å². The lowest BCUT2D eigenvalue weighted by atomic mass is 10.0. The lowest BCUT2D eigenvalue weighted by Gasteiger charge is -2.21. The molecule has 1 fully saturated rings. The topological polar surface area (TPSA) is 63.3 Å². The molecule has 0 amide bonds. The minimum absolute atomic E-state index is 0. The molecule has 0 saturated carbocycles. The van der Waals surface area contributed by atoms with Crippen LogP contribution in [0.2, 0.25) is 0 Å². The number of aliphatic imine (C=N–C) groups is 1. The highest BCUT2D eigenvalue weighted by Gasteiger charge is 2.27. The van der Waals surface area contributed by atoms with E-state index >= 15 is 0 Å². The van der Waals surface area contributed by atoms with E-state index in [-0.39, 0.29) is 36.3 Å². The third-order valence-electron chi connectivity index (χ3n) is 4.26. The number of alkyl halides is 2. The summed E-state index contributed by atoms with van der Waals surface area (Å²) in [6.45, 7) is -0.692. The van der Waals surface area contributed by atoms with Crippen molar-refractivity contribution in [2.24, 2.45) is 12.0 Å². The Morgan fingerprint density at radius 1 is 1.48 bits per heavy atom. The van der Waals surface area contributed by atoms with Crippen LogP contribution in [0.4, 0.5) is 8.78 Å². The summed E-state index contributed by atoms with van der Waals surface area (Å²) in [6.07, 6.45) is 7.59. The Kier molecular flexibility index (Phi) is 6.73. The van der Waals surface area contributed by atoms with Gasteiger partial charge in [0.2, 0.25) is 0 Å². The third kappa shape index (κ3) is 4.47. The second kappa shape index (κ2) is 8.59. The monoisotopic (exact) mass is 465 g/mol. The van der Waals surface area contributed by atoms with Crippen LogP contribution in [-0.4, -0.2) is 50.3 Å². The van der Waals surface area contributed by atoms with Gasteiger partial charge in [0.1, 0.15) is 5.82 Å². The quantitative estimate of drug-likeness (QED) is 0.428. The molecule has 0 aromatic carbocycles. The average molecular weight is 465 g/mol. The number of halogens is 3. The van der Waals surface area contributed by atoms with Gasteiger partial charge in [0.05, 0.1) is 12.7 Å². The maximum atomic E-state index is 12.9. The van der Waals surface area contributed by atoms with Crippen molar-refractivity contribution >= 4 is 29.9 Å². The number of imidazole rings is 1. The van der Waals surface area contributed by atoms with Crippen molar-refractivity contribution in [1.82, 2.24) is 29.5 Å². The van der Waals surface area contributed by atoms with Gasteiger partial charge < -0.3 is 10.2 Å². The number of nitrogens with zero attached hydrogens (tertiary/aromatic N) is 6. The molecule has 1 atom stereocenters. The zero-order valence-electron chi connectivity index (χ0n) is 14.1. The van der Waals surface area contributed by atoms with E-state index in [1.54, 1.807) is 11.7 Å². The summed E-state index contributed by atoms with van der Waals surface area (Å²) in [5, 5.41) is 7.34. The minimum atomic E-state index is -2.59. The van der Waals surface area contributed by atoms with Gasteiger partial charge in [-0.2, -0.15) is 13.9 Å². The number of likely N-dealkylation sites (tertiary alicyclic amines) is 1. The molecule has 3 rings (SSSR count). The molecular formula is C15H22F2IN7. The highest BCUT2D eigenvalue weighted by Crippen LogP contribution is 2.26. The molecule has 3 heterocycles. The third-order valence-corrected chi connectivity index (χ3v) is 4.26. The fourth-order valence-electron chi connectivity index (χ4n) is 3.02. The molecule has 138 valence electrons. The maximum Gasteiger partial charge on any atom is 0.319 e. The van der Waals surface area contributed by atoms with E-state index in [1.807, 2.05) is 19.4 Å². The standard InChI is InChI=1S/C15H21F2N7.HI/c1-18-15(20-8-13-19-4-6-24(13)14(16)17)23-5-3-11(10-23)12-7-21-22(2)9-12;/h4,6-7,9,11,14H,3,5,8,10H2,1-2H3,(H,18,20);1H. The molecule has 0 radical (unpaired) electrons. The van der Waals surface area contributed by atoms with Crippen LogP contribution in [0, 0.1) is 0 Å². The summed E-state index contributed by atoms with van der Waals surface area (Å²) in [4.78, 5) is 10.4.